The van der Waals surface area contributed by atoms with Gasteiger partial charge in [0.1, 0.15) is 13.2 Å². The fraction of sp³-hybridized carbons (Fsp3) is 0.250. The lowest BCUT2D eigenvalue weighted by Gasteiger charge is -2.21. The fourth-order valence-electron chi connectivity index (χ4n) is 2.37. The average molecular weight is 301 g/mol. The maximum Gasteiger partial charge on any atom is 0.307 e. The molecule has 0 aliphatic carbocycles. The number of nitrogens with zero attached hydrogens (tertiary/aromatic N) is 1. The van der Waals surface area contributed by atoms with Gasteiger partial charge >= 0.3 is 5.97 Å². The lowest BCUT2D eigenvalue weighted by molar-refractivity contribution is -0.136. The number of ether oxygens (including phenoxy) is 3. The van der Waals surface area contributed by atoms with Crippen molar-refractivity contribution in [3.63, 3.8) is 0 Å². The molecule has 0 spiro atoms. The third-order valence-electron chi connectivity index (χ3n) is 3.37. The van der Waals surface area contributed by atoms with E-state index in [9.17, 15) is 4.79 Å². The van der Waals surface area contributed by atoms with Gasteiger partial charge in [-0.2, -0.15) is 0 Å². The normalized spacial score (nSPS) is 12.8. The van der Waals surface area contributed by atoms with Crippen molar-refractivity contribution in [2.75, 3.05) is 20.3 Å². The van der Waals surface area contributed by atoms with E-state index in [1.165, 1.54) is 0 Å². The lowest BCUT2D eigenvalue weighted by atomic mass is 9.97. The molecule has 1 N–H and O–H groups in total. The first-order valence-corrected chi connectivity index (χ1v) is 6.82. The Bertz CT molecular complexity index is 696. The number of hydrogen-bond acceptors (Lipinski definition) is 5. The van der Waals surface area contributed by atoms with Gasteiger partial charge in [-0.15, -0.1) is 0 Å². The Hall–Kier alpha value is -2.76. The first-order chi connectivity index (χ1) is 10.7. The molecule has 22 heavy (non-hydrogen) atoms. The smallest absolute Gasteiger partial charge is 0.307 e. The number of pyridine rings is 1. The zero-order valence-corrected chi connectivity index (χ0v) is 12.0. The summed E-state index contributed by atoms with van der Waals surface area (Å²) in [5.41, 5.74) is 2.22. The van der Waals surface area contributed by atoms with Crippen LogP contribution in [0.15, 0.2) is 30.5 Å². The van der Waals surface area contributed by atoms with Gasteiger partial charge in [-0.1, -0.05) is 0 Å². The van der Waals surface area contributed by atoms with Crippen LogP contribution < -0.4 is 14.2 Å². The van der Waals surface area contributed by atoms with Gasteiger partial charge in [0.05, 0.1) is 13.5 Å². The molecule has 0 saturated carbocycles. The average Bonchev–Trinajstić information content (AvgIpc) is 2.54. The highest BCUT2D eigenvalue weighted by Gasteiger charge is 2.18. The second-order valence-corrected chi connectivity index (χ2v) is 4.81. The van der Waals surface area contributed by atoms with E-state index in [1.54, 1.807) is 31.5 Å². The molecule has 0 saturated heterocycles. The molecule has 1 aliphatic heterocycles. The summed E-state index contributed by atoms with van der Waals surface area (Å²) in [6, 6.07) is 7.09. The van der Waals surface area contributed by atoms with Crippen molar-refractivity contribution < 1.29 is 24.1 Å². The van der Waals surface area contributed by atoms with Gasteiger partial charge in [0.2, 0.25) is 5.88 Å². The summed E-state index contributed by atoms with van der Waals surface area (Å²) in [6.07, 6.45) is 1.55. The lowest BCUT2D eigenvalue weighted by Crippen LogP contribution is -2.16. The molecular weight excluding hydrogens is 286 g/mol. The third-order valence-corrected chi connectivity index (χ3v) is 3.37. The number of methoxy groups -OCH3 is 1. The summed E-state index contributed by atoms with van der Waals surface area (Å²) < 4.78 is 16.1. The van der Waals surface area contributed by atoms with E-state index in [0.717, 1.165) is 11.1 Å². The van der Waals surface area contributed by atoms with Gasteiger partial charge in [-0.25, -0.2) is 4.98 Å². The van der Waals surface area contributed by atoms with Crippen LogP contribution in [0, 0.1) is 0 Å². The first kappa shape index (κ1) is 14.2. The number of carbonyl (C=O) groups is 1. The summed E-state index contributed by atoms with van der Waals surface area (Å²) >= 11 is 0. The zero-order chi connectivity index (χ0) is 15.5. The molecular formula is C16H15NO5. The summed E-state index contributed by atoms with van der Waals surface area (Å²) in [5.74, 6) is 0.791. The number of carboxylic acid groups (broad SMARTS) is 1. The van der Waals surface area contributed by atoms with Crippen molar-refractivity contribution >= 4 is 5.97 Å². The third kappa shape index (κ3) is 2.81. The highest BCUT2D eigenvalue weighted by atomic mass is 16.6. The number of aliphatic carboxylic acids is 1. The largest absolute Gasteiger partial charge is 0.486 e. The second-order valence-electron chi connectivity index (χ2n) is 4.81. The predicted molar refractivity (Wildman–Crippen MR) is 78.6 cm³/mol. The summed E-state index contributed by atoms with van der Waals surface area (Å²) in [5, 5.41) is 9.12. The van der Waals surface area contributed by atoms with Crippen LogP contribution in [-0.2, 0) is 11.2 Å². The molecule has 0 fully saturated rings. The molecule has 0 radical (unpaired) electrons. The molecule has 2 aromatic rings. The Morgan fingerprint density at radius 2 is 2.00 bits per heavy atom. The minimum absolute atomic E-state index is 0.0992. The Labute approximate surface area is 127 Å². The highest BCUT2D eigenvalue weighted by molar-refractivity contribution is 5.78. The van der Waals surface area contributed by atoms with Gasteiger partial charge < -0.3 is 19.3 Å². The molecule has 0 amide bonds. The molecule has 0 unspecified atom stereocenters. The van der Waals surface area contributed by atoms with Gasteiger partial charge in [0, 0.05) is 17.8 Å². The zero-order valence-electron chi connectivity index (χ0n) is 12.0. The Morgan fingerprint density at radius 1 is 1.27 bits per heavy atom. The van der Waals surface area contributed by atoms with E-state index < -0.39 is 5.97 Å². The second kappa shape index (κ2) is 5.93. The van der Waals surface area contributed by atoms with E-state index in [2.05, 4.69) is 4.98 Å². The topological polar surface area (TPSA) is 77.9 Å². The molecule has 6 heteroatoms. The number of hydrogen-bond donors (Lipinski definition) is 1. The van der Waals surface area contributed by atoms with E-state index >= 15 is 0 Å². The summed E-state index contributed by atoms with van der Waals surface area (Å²) in [6.45, 7) is 0.939. The molecule has 0 bridgehead atoms. The standard InChI is InChI=1S/C16H15NO5/c1-20-15-3-2-10(9-17-15)12-8-14-13(21-4-5-22-14)6-11(12)7-16(18)19/h2-3,6,8-9H,4-5,7H2,1H3,(H,18,19). The first-order valence-electron chi connectivity index (χ1n) is 6.82. The monoisotopic (exact) mass is 301 g/mol. The Morgan fingerprint density at radius 3 is 2.59 bits per heavy atom. The van der Waals surface area contributed by atoms with E-state index in [1.807, 2.05) is 6.07 Å². The van der Waals surface area contributed by atoms with Crippen molar-refractivity contribution in [1.82, 2.24) is 4.98 Å². The molecule has 114 valence electrons. The molecule has 0 atom stereocenters. The van der Waals surface area contributed by atoms with Crippen LogP contribution in [0.3, 0.4) is 0 Å². The van der Waals surface area contributed by atoms with Crippen LogP contribution in [-0.4, -0.2) is 36.4 Å². The molecule has 6 nitrogen and oxygen atoms in total. The molecule has 1 aromatic heterocycles. The van der Waals surface area contributed by atoms with Crippen molar-refractivity contribution in [2.24, 2.45) is 0 Å². The van der Waals surface area contributed by atoms with Gasteiger partial charge in [-0.05, 0) is 29.3 Å². The number of fused-ring (bicyclic) bond motifs is 1. The summed E-state index contributed by atoms with van der Waals surface area (Å²) in [7, 11) is 1.54. The minimum Gasteiger partial charge on any atom is -0.486 e. The van der Waals surface area contributed by atoms with Crippen molar-refractivity contribution in [3.05, 3.63) is 36.0 Å². The van der Waals surface area contributed by atoms with Gasteiger partial charge in [0.15, 0.2) is 11.5 Å². The SMILES string of the molecule is COc1ccc(-c2cc3c(cc2CC(=O)O)OCCO3)cn1. The predicted octanol–water partition coefficient (Wildman–Crippen LogP) is 2.16. The number of carboxylic acids is 1. The molecule has 3 rings (SSSR count). The quantitative estimate of drug-likeness (QED) is 0.932. The van der Waals surface area contributed by atoms with Crippen molar-refractivity contribution in [3.8, 4) is 28.5 Å². The highest BCUT2D eigenvalue weighted by Crippen LogP contribution is 2.37. The van der Waals surface area contributed by atoms with Crippen LogP contribution in [0.25, 0.3) is 11.1 Å². The maximum atomic E-state index is 11.1. The minimum atomic E-state index is -0.903. The number of aromatic nitrogens is 1. The van der Waals surface area contributed by atoms with Gasteiger partial charge in [-0.3, -0.25) is 4.79 Å². The van der Waals surface area contributed by atoms with E-state index in [4.69, 9.17) is 19.3 Å². The van der Waals surface area contributed by atoms with Crippen LogP contribution in [0.1, 0.15) is 5.56 Å². The number of rotatable bonds is 4. The van der Waals surface area contributed by atoms with Crippen molar-refractivity contribution in [1.29, 1.82) is 0 Å². The van der Waals surface area contributed by atoms with Crippen LogP contribution in [0.4, 0.5) is 0 Å². The van der Waals surface area contributed by atoms with Gasteiger partial charge in [0.25, 0.3) is 0 Å². The number of benzene rings is 1. The molecule has 1 aliphatic rings. The van der Waals surface area contributed by atoms with Crippen LogP contribution >= 0.6 is 0 Å². The molecule has 1 aromatic carbocycles. The Kier molecular flexibility index (Phi) is 3.82. The molecule has 2 heterocycles. The van der Waals surface area contributed by atoms with Crippen molar-refractivity contribution in [2.45, 2.75) is 6.42 Å². The van der Waals surface area contributed by atoms with E-state index in [0.29, 0.717) is 36.2 Å². The fourth-order valence-corrected chi connectivity index (χ4v) is 2.37. The summed E-state index contributed by atoms with van der Waals surface area (Å²) in [4.78, 5) is 15.3. The van der Waals surface area contributed by atoms with Crippen LogP contribution in [0.2, 0.25) is 0 Å². The van der Waals surface area contributed by atoms with Crippen LogP contribution in [0.5, 0.6) is 17.4 Å². The van der Waals surface area contributed by atoms with E-state index in [-0.39, 0.29) is 6.42 Å². The Balaban J connectivity index is 2.08. The maximum absolute atomic E-state index is 11.1.